The molecule has 1 aromatic heterocycles. The Labute approximate surface area is 153 Å². The van der Waals surface area contributed by atoms with Crippen molar-refractivity contribution < 1.29 is 4.79 Å². The highest BCUT2D eigenvalue weighted by molar-refractivity contribution is 5.99. The molecule has 1 aliphatic rings. The molecule has 0 saturated heterocycles. The van der Waals surface area contributed by atoms with Gasteiger partial charge in [-0.05, 0) is 59.4 Å². The topological polar surface area (TPSA) is 59.2 Å². The molecule has 3 aromatic rings. The Kier molecular flexibility index (Phi) is 4.50. The molecule has 1 atom stereocenters. The van der Waals surface area contributed by atoms with Crippen LogP contribution in [0.1, 0.15) is 11.1 Å². The van der Waals surface area contributed by atoms with Gasteiger partial charge in [0.15, 0.2) is 0 Å². The van der Waals surface area contributed by atoms with Crippen molar-refractivity contribution in [3.63, 3.8) is 0 Å². The minimum Gasteiger partial charge on any atom is -0.320 e. The van der Waals surface area contributed by atoms with Crippen molar-refractivity contribution in [2.45, 2.75) is 18.9 Å². The van der Waals surface area contributed by atoms with Crippen LogP contribution in [0.2, 0.25) is 0 Å². The van der Waals surface area contributed by atoms with E-state index in [0.717, 1.165) is 28.8 Å². The lowest BCUT2D eigenvalue weighted by Gasteiger charge is -2.22. The van der Waals surface area contributed by atoms with Gasteiger partial charge in [-0.15, -0.1) is 0 Å². The average molecular weight is 343 g/mol. The van der Waals surface area contributed by atoms with E-state index in [1.165, 1.54) is 5.56 Å². The molecule has 0 fully saturated rings. The van der Waals surface area contributed by atoms with E-state index in [1.54, 1.807) is 12.4 Å². The van der Waals surface area contributed by atoms with E-state index in [1.807, 2.05) is 53.4 Å². The number of nitrogens with two attached hydrogens (primary N) is 1. The number of fused-ring (bicyclic) bond motifs is 1. The summed E-state index contributed by atoms with van der Waals surface area (Å²) in [5, 5.41) is 0. The average Bonchev–Trinajstić information content (AvgIpc) is 3.12. The molecule has 0 aliphatic carbocycles. The Balaban J connectivity index is 1.53. The van der Waals surface area contributed by atoms with Crippen LogP contribution in [0.3, 0.4) is 0 Å². The normalized spacial score (nSPS) is 14.1. The maximum Gasteiger partial charge on any atom is 0.244 e. The van der Waals surface area contributed by atoms with Crippen molar-refractivity contribution in [3.8, 4) is 11.1 Å². The summed E-state index contributed by atoms with van der Waals surface area (Å²) >= 11 is 0. The molecule has 2 N–H and O–H groups in total. The molecular formula is C22H21N3O. The summed E-state index contributed by atoms with van der Waals surface area (Å²) in [6, 6.07) is 19.6. The molecule has 1 unspecified atom stereocenters. The van der Waals surface area contributed by atoms with Gasteiger partial charge < -0.3 is 10.6 Å². The maximum atomic E-state index is 12.9. The third-order valence-electron chi connectivity index (χ3n) is 4.87. The zero-order valence-electron chi connectivity index (χ0n) is 14.5. The zero-order chi connectivity index (χ0) is 17.9. The summed E-state index contributed by atoms with van der Waals surface area (Å²) < 4.78 is 0. The molecule has 4 heteroatoms. The highest BCUT2D eigenvalue weighted by atomic mass is 16.2. The van der Waals surface area contributed by atoms with Crippen LogP contribution in [0, 0.1) is 0 Å². The molecule has 0 bridgehead atoms. The van der Waals surface area contributed by atoms with Crippen molar-refractivity contribution >= 4 is 11.6 Å². The first-order valence-electron chi connectivity index (χ1n) is 8.86. The van der Waals surface area contributed by atoms with Crippen molar-refractivity contribution in [1.82, 2.24) is 4.98 Å². The van der Waals surface area contributed by atoms with Crippen LogP contribution in [0.5, 0.6) is 0 Å². The second kappa shape index (κ2) is 7.10. The third-order valence-corrected chi connectivity index (χ3v) is 4.87. The number of carbonyl (C=O) groups excluding carboxylic acids is 1. The number of carbonyl (C=O) groups is 1. The van der Waals surface area contributed by atoms with Gasteiger partial charge in [0.05, 0.1) is 6.04 Å². The van der Waals surface area contributed by atoms with Gasteiger partial charge in [0.2, 0.25) is 5.91 Å². The second-order valence-corrected chi connectivity index (χ2v) is 6.62. The van der Waals surface area contributed by atoms with Gasteiger partial charge in [-0.25, -0.2) is 0 Å². The van der Waals surface area contributed by atoms with Crippen molar-refractivity contribution in [3.05, 3.63) is 84.2 Å². The van der Waals surface area contributed by atoms with Gasteiger partial charge in [-0.2, -0.15) is 0 Å². The van der Waals surface area contributed by atoms with Crippen LogP contribution in [0.25, 0.3) is 11.1 Å². The first-order chi connectivity index (χ1) is 12.7. The monoisotopic (exact) mass is 343 g/mol. The van der Waals surface area contributed by atoms with E-state index in [0.29, 0.717) is 13.0 Å². The Morgan fingerprint density at radius 1 is 1.04 bits per heavy atom. The molecule has 130 valence electrons. The standard InChI is InChI=1S/C22H21N3O/c23-20(14-16-4-2-1-3-5-16)22(26)25-13-10-19-15-18(6-7-21(19)25)17-8-11-24-12-9-17/h1-9,11-12,15,20H,10,13-14,23H2. The van der Waals surface area contributed by atoms with Gasteiger partial charge in [0.25, 0.3) is 0 Å². The lowest BCUT2D eigenvalue weighted by molar-refractivity contribution is -0.119. The highest BCUT2D eigenvalue weighted by Crippen LogP contribution is 2.32. The van der Waals surface area contributed by atoms with Crippen LogP contribution in [-0.2, 0) is 17.6 Å². The summed E-state index contributed by atoms with van der Waals surface area (Å²) in [5.41, 5.74) is 11.7. The van der Waals surface area contributed by atoms with E-state index in [9.17, 15) is 4.79 Å². The number of benzene rings is 2. The van der Waals surface area contributed by atoms with E-state index in [2.05, 4.69) is 17.1 Å². The summed E-state index contributed by atoms with van der Waals surface area (Å²) in [6.07, 6.45) is 5.00. The van der Waals surface area contributed by atoms with E-state index in [-0.39, 0.29) is 5.91 Å². The number of hydrogen-bond donors (Lipinski definition) is 1. The minimum atomic E-state index is -0.525. The van der Waals surface area contributed by atoms with Crippen LogP contribution >= 0.6 is 0 Å². The predicted octanol–water partition coefficient (Wildman–Crippen LogP) is 3.21. The fourth-order valence-corrected chi connectivity index (χ4v) is 3.51. The number of amides is 1. The van der Waals surface area contributed by atoms with Crippen LogP contribution in [-0.4, -0.2) is 23.5 Å². The number of anilines is 1. The number of aromatic nitrogens is 1. The lowest BCUT2D eigenvalue weighted by Crippen LogP contribution is -2.44. The largest absolute Gasteiger partial charge is 0.320 e. The third kappa shape index (κ3) is 3.24. The van der Waals surface area contributed by atoms with Gasteiger partial charge in [0.1, 0.15) is 0 Å². The first-order valence-corrected chi connectivity index (χ1v) is 8.86. The SMILES string of the molecule is NC(Cc1ccccc1)C(=O)N1CCc2cc(-c3ccncc3)ccc21. The molecule has 0 spiro atoms. The van der Waals surface area contributed by atoms with Crippen molar-refractivity contribution in [2.75, 3.05) is 11.4 Å². The molecule has 2 aromatic carbocycles. The molecule has 2 heterocycles. The molecule has 26 heavy (non-hydrogen) atoms. The van der Waals surface area contributed by atoms with Crippen LogP contribution in [0.4, 0.5) is 5.69 Å². The van der Waals surface area contributed by atoms with E-state index >= 15 is 0 Å². The van der Waals surface area contributed by atoms with Gasteiger partial charge in [0, 0.05) is 24.6 Å². The highest BCUT2D eigenvalue weighted by Gasteiger charge is 2.28. The van der Waals surface area contributed by atoms with Crippen molar-refractivity contribution in [1.29, 1.82) is 0 Å². The fourth-order valence-electron chi connectivity index (χ4n) is 3.51. The Hall–Kier alpha value is -2.98. The molecule has 0 radical (unpaired) electrons. The molecular weight excluding hydrogens is 322 g/mol. The minimum absolute atomic E-state index is 0.00994. The Morgan fingerprint density at radius 2 is 1.81 bits per heavy atom. The summed E-state index contributed by atoms with van der Waals surface area (Å²) in [5.74, 6) is -0.00994. The summed E-state index contributed by atoms with van der Waals surface area (Å²) in [4.78, 5) is 18.8. The molecule has 4 rings (SSSR count). The van der Waals surface area contributed by atoms with Crippen LogP contribution in [0.15, 0.2) is 73.1 Å². The fraction of sp³-hybridized carbons (Fsp3) is 0.182. The molecule has 1 aliphatic heterocycles. The van der Waals surface area contributed by atoms with Crippen molar-refractivity contribution in [2.24, 2.45) is 5.73 Å². The lowest BCUT2D eigenvalue weighted by atomic mass is 10.0. The Morgan fingerprint density at radius 3 is 2.58 bits per heavy atom. The number of nitrogens with zero attached hydrogens (tertiary/aromatic N) is 2. The van der Waals surface area contributed by atoms with Gasteiger partial charge in [-0.1, -0.05) is 36.4 Å². The number of pyridine rings is 1. The zero-order valence-corrected chi connectivity index (χ0v) is 14.5. The first kappa shape index (κ1) is 16.5. The smallest absolute Gasteiger partial charge is 0.244 e. The Bertz CT molecular complexity index is 909. The maximum absolute atomic E-state index is 12.9. The summed E-state index contributed by atoms with van der Waals surface area (Å²) in [7, 11) is 0. The van der Waals surface area contributed by atoms with E-state index < -0.39 is 6.04 Å². The summed E-state index contributed by atoms with van der Waals surface area (Å²) in [6.45, 7) is 0.691. The van der Waals surface area contributed by atoms with Gasteiger partial charge >= 0.3 is 0 Å². The number of hydrogen-bond acceptors (Lipinski definition) is 3. The molecule has 0 saturated carbocycles. The molecule has 4 nitrogen and oxygen atoms in total. The quantitative estimate of drug-likeness (QED) is 0.791. The second-order valence-electron chi connectivity index (χ2n) is 6.62. The molecule has 1 amide bonds. The predicted molar refractivity (Wildman–Crippen MR) is 104 cm³/mol. The van der Waals surface area contributed by atoms with E-state index in [4.69, 9.17) is 5.73 Å². The van der Waals surface area contributed by atoms with Crippen LogP contribution < -0.4 is 10.6 Å². The number of rotatable bonds is 4. The van der Waals surface area contributed by atoms with Gasteiger partial charge in [-0.3, -0.25) is 9.78 Å².